The number of hydrogen-bond acceptors (Lipinski definition) is 6. The van der Waals surface area contributed by atoms with Crippen LogP contribution < -0.4 is 20.7 Å². The number of methoxy groups -OCH3 is 1. The highest BCUT2D eigenvalue weighted by Crippen LogP contribution is 2.20. The van der Waals surface area contributed by atoms with Crippen LogP contribution in [0.3, 0.4) is 0 Å². The Labute approximate surface area is 181 Å². The van der Waals surface area contributed by atoms with E-state index in [-0.39, 0.29) is 23.2 Å². The van der Waals surface area contributed by atoms with Crippen molar-refractivity contribution in [3.05, 3.63) is 45.4 Å². The molecule has 3 rings (SSSR count). The van der Waals surface area contributed by atoms with Crippen LogP contribution in [0.4, 0.5) is 5.82 Å². The van der Waals surface area contributed by atoms with E-state index < -0.39 is 5.91 Å². The van der Waals surface area contributed by atoms with Crippen molar-refractivity contribution in [2.24, 2.45) is 0 Å². The zero-order valence-electron chi connectivity index (χ0n) is 18.3. The number of nitrogens with zero attached hydrogens (tertiary/aromatic N) is 4. The van der Waals surface area contributed by atoms with Crippen molar-refractivity contribution in [3.8, 4) is 6.07 Å². The maximum atomic E-state index is 13.4. The Morgan fingerprint density at radius 1 is 1.42 bits per heavy atom. The molecule has 31 heavy (non-hydrogen) atoms. The van der Waals surface area contributed by atoms with Crippen LogP contribution in [0, 0.1) is 18.3 Å². The third kappa shape index (κ3) is 4.93. The fourth-order valence-corrected chi connectivity index (χ4v) is 3.71. The Morgan fingerprint density at radius 2 is 2.16 bits per heavy atom. The van der Waals surface area contributed by atoms with Gasteiger partial charge >= 0.3 is 0 Å². The summed E-state index contributed by atoms with van der Waals surface area (Å²) in [4.78, 5) is 34.2. The molecule has 9 nitrogen and oxygen atoms in total. The number of aromatic nitrogens is 2. The van der Waals surface area contributed by atoms with Gasteiger partial charge in [0.1, 0.15) is 23.1 Å². The van der Waals surface area contributed by atoms with E-state index in [4.69, 9.17) is 9.72 Å². The van der Waals surface area contributed by atoms with Crippen LogP contribution in [0.15, 0.2) is 28.7 Å². The van der Waals surface area contributed by atoms with Crippen molar-refractivity contribution >= 4 is 23.4 Å². The molecular formula is C22H29N6O3+. The minimum atomic E-state index is -0.542. The van der Waals surface area contributed by atoms with Gasteiger partial charge in [0, 0.05) is 19.9 Å². The van der Waals surface area contributed by atoms with E-state index in [2.05, 4.69) is 17.1 Å². The first-order valence-corrected chi connectivity index (χ1v) is 10.5. The molecule has 164 valence electrons. The number of carbonyl (C=O) groups excluding carboxylic acids is 1. The molecule has 2 N–H and O–H groups in total. The van der Waals surface area contributed by atoms with Crippen molar-refractivity contribution in [2.45, 2.75) is 13.8 Å². The summed E-state index contributed by atoms with van der Waals surface area (Å²) in [5, 5.41) is 12.2. The summed E-state index contributed by atoms with van der Waals surface area (Å²) in [6, 6.07) is 5.61. The molecule has 2 aromatic heterocycles. The zero-order valence-corrected chi connectivity index (χ0v) is 18.3. The number of anilines is 1. The summed E-state index contributed by atoms with van der Waals surface area (Å²) in [6.45, 7) is 9.11. The molecule has 0 spiro atoms. The lowest BCUT2D eigenvalue weighted by atomic mass is 10.1. The lowest BCUT2D eigenvalue weighted by Gasteiger charge is -2.33. The second-order valence-corrected chi connectivity index (χ2v) is 7.55. The van der Waals surface area contributed by atoms with Gasteiger partial charge in [-0.05, 0) is 31.6 Å². The number of likely N-dealkylation sites (N-methyl/N-ethyl adjacent to an activating group) is 1. The fraction of sp³-hybridized carbons (Fsp3) is 0.455. The van der Waals surface area contributed by atoms with E-state index in [9.17, 15) is 14.9 Å². The molecule has 1 amide bonds. The third-order valence-electron chi connectivity index (χ3n) is 5.58. The van der Waals surface area contributed by atoms with Crippen LogP contribution in [0.1, 0.15) is 18.1 Å². The normalized spacial score (nSPS) is 15.2. The number of fused-ring (bicyclic) bond motifs is 1. The van der Waals surface area contributed by atoms with Gasteiger partial charge in [0.15, 0.2) is 0 Å². The van der Waals surface area contributed by atoms with Crippen LogP contribution in [0.25, 0.3) is 11.7 Å². The fourth-order valence-electron chi connectivity index (χ4n) is 3.71. The van der Waals surface area contributed by atoms with Crippen molar-refractivity contribution in [3.63, 3.8) is 0 Å². The number of pyridine rings is 1. The first-order chi connectivity index (χ1) is 15.0. The number of ether oxygens (including phenoxy) is 1. The van der Waals surface area contributed by atoms with Crippen LogP contribution in [-0.2, 0) is 9.53 Å². The topological polar surface area (TPSA) is 104 Å². The first-order valence-electron chi connectivity index (χ1n) is 10.5. The van der Waals surface area contributed by atoms with Gasteiger partial charge in [0.25, 0.3) is 11.5 Å². The molecule has 0 aliphatic carbocycles. The monoisotopic (exact) mass is 425 g/mol. The van der Waals surface area contributed by atoms with Gasteiger partial charge < -0.3 is 19.9 Å². The number of nitriles is 1. The number of amides is 1. The second-order valence-electron chi connectivity index (χ2n) is 7.55. The first kappa shape index (κ1) is 22.5. The highest BCUT2D eigenvalue weighted by molar-refractivity contribution is 6.02. The van der Waals surface area contributed by atoms with Gasteiger partial charge in [0.2, 0.25) is 0 Å². The summed E-state index contributed by atoms with van der Waals surface area (Å²) in [5.41, 5.74) is 1.27. The molecule has 0 atom stereocenters. The van der Waals surface area contributed by atoms with E-state index >= 15 is 0 Å². The predicted octanol–water partition coefficient (Wildman–Crippen LogP) is -0.603. The summed E-state index contributed by atoms with van der Waals surface area (Å²) in [6.07, 6.45) is 3.02. The van der Waals surface area contributed by atoms with Crippen LogP contribution in [0.5, 0.6) is 0 Å². The lowest BCUT2D eigenvalue weighted by molar-refractivity contribution is -0.898. The molecule has 9 heteroatoms. The predicted molar refractivity (Wildman–Crippen MR) is 118 cm³/mol. The Bertz CT molecular complexity index is 1080. The maximum Gasteiger partial charge on any atom is 0.267 e. The Balaban J connectivity index is 2.10. The van der Waals surface area contributed by atoms with Crippen LogP contribution in [-0.4, -0.2) is 68.3 Å². The van der Waals surface area contributed by atoms with E-state index in [1.165, 1.54) is 22.5 Å². The van der Waals surface area contributed by atoms with Gasteiger partial charge in [-0.2, -0.15) is 5.26 Å². The van der Waals surface area contributed by atoms with Gasteiger partial charge in [-0.1, -0.05) is 6.07 Å². The molecule has 0 aromatic carbocycles. The molecule has 2 aromatic rings. The number of carbonyl (C=O) groups is 1. The van der Waals surface area contributed by atoms with E-state index in [0.29, 0.717) is 18.1 Å². The highest BCUT2D eigenvalue weighted by Gasteiger charge is 2.25. The molecule has 1 aliphatic heterocycles. The molecule has 1 aliphatic rings. The smallest absolute Gasteiger partial charge is 0.267 e. The largest absolute Gasteiger partial charge is 0.383 e. The quantitative estimate of drug-likeness (QED) is 0.349. The summed E-state index contributed by atoms with van der Waals surface area (Å²) in [5.74, 6) is -0.0219. The molecule has 3 heterocycles. The number of aryl methyl sites for hydroxylation is 1. The molecule has 1 fully saturated rings. The van der Waals surface area contributed by atoms with E-state index in [1.54, 1.807) is 12.3 Å². The van der Waals surface area contributed by atoms with Gasteiger partial charge in [-0.3, -0.25) is 14.0 Å². The molecule has 0 unspecified atom stereocenters. The lowest BCUT2D eigenvalue weighted by Crippen LogP contribution is -3.14. The minimum Gasteiger partial charge on any atom is -0.383 e. The Hall–Kier alpha value is -3.22. The van der Waals surface area contributed by atoms with Gasteiger partial charge in [-0.15, -0.1) is 0 Å². The van der Waals surface area contributed by atoms with Crippen LogP contribution in [0.2, 0.25) is 0 Å². The summed E-state index contributed by atoms with van der Waals surface area (Å²) < 4.78 is 6.40. The highest BCUT2D eigenvalue weighted by atomic mass is 16.5. The number of nitrogens with one attached hydrogen (secondary N) is 2. The standard InChI is InChI=1S/C22H28N6O3/c1-4-26-9-11-27(12-10-26)20-18(14-17(15-23)21(29)24-7-13-31-3)22(30)28-8-5-6-16(2)19(28)25-20/h5-6,8,14H,4,7,9-13H2,1-3H3,(H,24,29)/p+1/b17-14+. The molecule has 0 saturated carbocycles. The van der Waals surface area contributed by atoms with Crippen molar-refractivity contribution < 1.29 is 14.4 Å². The van der Waals surface area contributed by atoms with E-state index in [0.717, 1.165) is 38.3 Å². The molecule has 1 saturated heterocycles. The zero-order chi connectivity index (χ0) is 22.4. The average Bonchev–Trinajstić information content (AvgIpc) is 2.79. The number of rotatable bonds is 7. The van der Waals surface area contributed by atoms with Gasteiger partial charge in [-0.25, -0.2) is 4.98 Å². The molecule has 0 bridgehead atoms. The molecule has 0 radical (unpaired) electrons. The number of quaternary nitrogens is 1. The summed E-state index contributed by atoms with van der Waals surface area (Å²) in [7, 11) is 1.53. The van der Waals surface area contributed by atoms with Crippen molar-refractivity contribution in [1.82, 2.24) is 14.7 Å². The maximum absolute atomic E-state index is 13.4. The SMILES string of the molecule is CC[NH+]1CCN(c2nc3c(C)cccn3c(=O)c2/C=C(\C#N)C(=O)NCCOC)CC1. The van der Waals surface area contributed by atoms with Gasteiger partial charge in [0.05, 0.1) is 44.9 Å². The number of piperazine rings is 1. The number of hydrogen-bond donors (Lipinski definition) is 2. The van der Waals surface area contributed by atoms with E-state index in [1.807, 2.05) is 19.1 Å². The Kier molecular flexibility index (Phi) is 7.39. The Morgan fingerprint density at radius 3 is 2.81 bits per heavy atom. The van der Waals surface area contributed by atoms with Crippen molar-refractivity contribution in [1.29, 1.82) is 5.26 Å². The minimum absolute atomic E-state index is 0.137. The summed E-state index contributed by atoms with van der Waals surface area (Å²) >= 11 is 0. The second kappa shape index (κ2) is 10.2. The average molecular weight is 426 g/mol. The van der Waals surface area contributed by atoms with Crippen LogP contribution >= 0.6 is 0 Å². The molecular weight excluding hydrogens is 396 g/mol. The third-order valence-corrected chi connectivity index (χ3v) is 5.58. The van der Waals surface area contributed by atoms with Crippen molar-refractivity contribution in [2.75, 3.05) is 57.9 Å².